The second-order valence-electron chi connectivity index (χ2n) is 8.49. The summed E-state index contributed by atoms with van der Waals surface area (Å²) < 4.78 is 36.5. The Labute approximate surface area is 227 Å². The molecule has 11 heteroatoms. The van der Waals surface area contributed by atoms with Gasteiger partial charge in [-0.05, 0) is 66.9 Å². The molecule has 0 aromatic heterocycles. The van der Waals surface area contributed by atoms with Crippen molar-refractivity contribution in [1.29, 1.82) is 0 Å². The number of amides is 2. The monoisotopic (exact) mass is 559 g/mol. The molecule has 0 aliphatic heterocycles. The van der Waals surface area contributed by atoms with Gasteiger partial charge in [-0.25, -0.2) is 8.42 Å². The number of ether oxygens (including phenoxy) is 2. The van der Waals surface area contributed by atoms with E-state index in [9.17, 15) is 18.0 Å². The summed E-state index contributed by atoms with van der Waals surface area (Å²) in [7, 11) is -0.665. The molecule has 202 valence electrons. The van der Waals surface area contributed by atoms with Crippen molar-refractivity contribution < 1.29 is 27.5 Å². The van der Waals surface area contributed by atoms with Gasteiger partial charge in [0.25, 0.3) is 5.91 Å². The number of aryl methyl sites for hydroxylation is 1. The summed E-state index contributed by atoms with van der Waals surface area (Å²) in [6.07, 6.45) is 1.57. The van der Waals surface area contributed by atoms with Gasteiger partial charge in [0.1, 0.15) is 6.54 Å². The lowest BCUT2D eigenvalue weighted by Crippen LogP contribution is -2.38. The zero-order chi connectivity index (χ0) is 27.9. The molecule has 0 heterocycles. The molecule has 0 aliphatic carbocycles. The van der Waals surface area contributed by atoms with E-state index in [1.165, 1.54) is 0 Å². The maximum atomic E-state index is 12.9. The molecule has 0 atom stereocenters. The van der Waals surface area contributed by atoms with Crippen LogP contribution in [0.2, 0.25) is 5.02 Å². The minimum absolute atomic E-state index is 0.252. The van der Waals surface area contributed by atoms with Gasteiger partial charge >= 0.3 is 0 Å². The van der Waals surface area contributed by atoms with Crippen LogP contribution in [0.3, 0.4) is 0 Å². The fourth-order valence-corrected chi connectivity index (χ4v) is 4.98. The van der Waals surface area contributed by atoms with Crippen molar-refractivity contribution in [1.82, 2.24) is 5.32 Å². The van der Waals surface area contributed by atoms with E-state index < -0.39 is 22.5 Å². The zero-order valence-electron chi connectivity index (χ0n) is 21.6. The van der Waals surface area contributed by atoms with Crippen molar-refractivity contribution in [3.8, 4) is 11.5 Å². The summed E-state index contributed by atoms with van der Waals surface area (Å²) >= 11 is 6.00. The first kappa shape index (κ1) is 28.8. The van der Waals surface area contributed by atoms with Crippen LogP contribution < -0.4 is 24.4 Å². The quantitative estimate of drug-likeness (QED) is 0.366. The molecular formula is C27H30ClN3O6S. The average Bonchev–Trinajstić information content (AvgIpc) is 2.87. The van der Waals surface area contributed by atoms with Gasteiger partial charge < -0.3 is 20.1 Å². The summed E-state index contributed by atoms with van der Waals surface area (Å²) in [6, 6.07) is 16.8. The molecule has 3 rings (SSSR count). The van der Waals surface area contributed by atoms with Gasteiger partial charge in [-0.3, -0.25) is 13.9 Å². The third-order valence-corrected chi connectivity index (χ3v) is 7.07. The molecule has 2 N–H and O–H groups in total. The number of nitrogens with one attached hydrogen (secondary N) is 2. The van der Waals surface area contributed by atoms with Crippen molar-refractivity contribution in [2.24, 2.45) is 0 Å². The lowest BCUT2D eigenvalue weighted by molar-refractivity contribution is -0.114. The van der Waals surface area contributed by atoms with Crippen molar-refractivity contribution in [3.63, 3.8) is 0 Å². The molecule has 3 aromatic carbocycles. The molecule has 0 bridgehead atoms. The van der Waals surface area contributed by atoms with Crippen LogP contribution in [0.1, 0.15) is 21.5 Å². The largest absolute Gasteiger partial charge is 0.493 e. The molecule has 0 fully saturated rings. The molecule has 0 saturated carbocycles. The Kier molecular flexibility index (Phi) is 9.60. The topological polar surface area (TPSA) is 114 Å². The molecule has 0 aliphatic rings. The molecule has 3 aromatic rings. The van der Waals surface area contributed by atoms with E-state index in [1.54, 1.807) is 69.7 Å². The minimum Gasteiger partial charge on any atom is -0.493 e. The second-order valence-corrected chi connectivity index (χ2v) is 10.8. The normalized spacial score (nSPS) is 11.0. The summed E-state index contributed by atoms with van der Waals surface area (Å²) in [4.78, 5) is 25.8. The number of sulfonamides is 1. The van der Waals surface area contributed by atoms with Crippen molar-refractivity contribution >= 4 is 44.8 Å². The number of carbonyl (C=O) groups is 2. The molecular weight excluding hydrogens is 530 g/mol. The standard InChI is InChI=1S/C27H30ClN3O6S/c1-18-15-20(28)10-11-23(18)31(38(4,34)35)17-26(32)30-22-8-6-5-7-21(22)27(33)29-14-13-19-9-12-24(36-2)25(16-19)37-3/h5-12,15-16H,13-14,17H2,1-4H3,(H,29,33)(H,30,32). The van der Waals surface area contributed by atoms with E-state index in [1.807, 2.05) is 12.1 Å². The van der Waals surface area contributed by atoms with Crippen molar-refractivity contribution in [2.45, 2.75) is 13.3 Å². The SMILES string of the molecule is COc1ccc(CCNC(=O)c2ccccc2NC(=O)CN(c2ccc(Cl)cc2C)S(C)(=O)=O)cc1OC. The van der Waals surface area contributed by atoms with Gasteiger partial charge in [-0.2, -0.15) is 0 Å². The Hall–Kier alpha value is -3.76. The average molecular weight is 560 g/mol. The number of nitrogens with zero attached hydrogens (tertiary/aromatic N) is 1. The number of para-hydroxylation sites is 1. The van der Waals surface area contributed by atoms with Gasteiger partial charge in [0.05, 0.1) is 37.4 Å². The number of carbonyl (C=O) groups excluding carboxylic acids is 2. The van der Waals surface area contributed by atoms with Crippen LogP contribution in [-0.2, 0) is 21.2 Å². The lowest BCUT2D eigenvalue weighted by Gasteiger charge is -2.24. The third kappa shape index (κ3) is 7.39. The number of hydrogen-bond acceptors (Lipinski definition) is 6. The predicted octanol–water partition coefficient (Wildman–Crippen LogP) is 4.04. The Bertz CT molecular complexity index is 1430. The maximum Gasteiger partial charge on any atom is 0.253 e. The molecule has 9 nitrogen and oxygen atoms in total. The molecule has 0 unspecified atom stereocenters. The van der Waals surface area contributed by atoms with Crippen molar-refractivity contribution in [2.75, 3.05) is 43.2 Å². The predicted molar refractivity (Wildman–Crippen MR) is 149 cm³/mol. The van der Waals surface area contributed by atoms with E-state index in [0.29, 0.717) is 40.7 Å². The van der Waals surface area contributed by atoms with Gasteiger partial charge in [0.2, 0.25) is 15.9 Å². The van der Waals surface area contributed by atoms with Crippen LogP contribution in [0.4, 0.5) is 11.4 Å². The Morgan fingerprint density at radius 3 is 2.34 bits per heavy atom. The van der Waals surface area contributed by atoms with Crippen LogP contribution in [0, 0.1) is 6.92 Å². The molecule has 0 radical (unpaired) electrons. The smallest absolute Gasteiger partial charge is 0.253 e. The molecule has 0 spiro atoms. The van der Waals surface area contributed by atoms with Crippen LogP contribution in [0.25, 0.3) is 0 Å². The van der Waals surface area contributed by atoms with Crippen LogP contribution in [0.15, 0.2) is 60.7 Å². The van der Waals surface area contributed by atoms with Gasteiger partial charge in [0, 0.05) is 11.6 Å². The number of rotatable bonds is 11. The number of hydrogen-bond donors (Lipinski definition) is 2. The highest BCUT2D eigenvalue weighted by Gasteiger charge is 2.23. The van der Waals surface area contributed by atoms with Gasteiger partial charge in [0.15, 0.2) is 11.5 Å². The second kappa shape index (κ2) is 12.7. The summed E-state index contributed by atoms with van der Waals surface area (Å²) in [5, 5.41) is 5.97. The van der Waals surface area contributed by atoms with E-state index in [0.717, 1.165) is 16.1 Å². The maximum absolute atomic E-state index is 12.9. The van der Waals surface area contributed by atoms with Gasteiger partial charge in [-0.1, -0.05) is 29.8 Å². The first-order valence-corrected chi connectivity index (χ1v) is 13.9. The van der Waals surface area contributed by atoms with Crippen LogP contribution in [-0.4, -0.2) is 53.8 Å². The fourth-order valence-electron chi connectivity index (χ4n) is 3.84. The first-order chi connectivity index (χ1) is 18.0. The van der Waals surface area contributed by atoms with Crippen molar-refractivity contribution in [3.05, 3.63) is 82.4 Å². The minimum atomic E-state index is -3.78. The third-order valence-electron chi connectivity index (χ3n) is 5.71. The summed E-state index contributed by atoms with van der Waals surface area (Å²) in [6.45, 7) is 1.57. The highest BCUT2D eigenvalue weighted by molar-refractivity contribution is 7.92. The van der Waals surface area contributed by atoms with E-state index >= 15 is 0 Å². The summed E-state index contributed by atoms with van der Waals surface area (Å²) in [5.74, 6) is 0.233. The Balaban J connectivity index is 1.69. The Morgan fingerprint density at radius 1 is 0.974 bits per heavy atom. The van der Waals surface area contributed by atoms with Crippen LogP contribution >= 0.6 is 11.6 Å². The molecule has 0 saturated heterocycles. The molecule has 38 heavy (non-hydrogen) atoms. The first-order valence-electron chi connectivity index (χ1n) is 11.7. The van der Waals surface area contributed by atoms with Crippen LogP contribution in [0.5, 0.6) is 11.5 Å². The number of anilines is 2. The number of halogens is 1. The summed E-state index contributed by atoms with van der Waals surface area (Å²) in [5.41, 5.74) is 2.41. The van der Waals surface area contributed by atoms with E-state index in [4.69, 9.17) is 21.1 Å². The molecule has 2 amide bonds. The fraction of sp³-hybridized carbons (Fsp3) is 0.259. The lowest BCUT2D eigenvalue weighted by atomic mass is 10.1. The highest BCUT2D eigenvalue weighted by atomic mass is 35.5. The highest BCUT2D eigenvalue weighted by Crippen LogP contribution is 2.28. The number of benzene rings is 3. The van der Waals surface area contributed by atoms with E-state index in [2.05, 4.69) is 10.6 Å². The van der Waals surface area contributed by atoms with E-state index in [-0.39, 0.29) is 17.2 Å². The zero-order valence-corrected chi connectivity index (χ0v) is 23.2. The number of methoxy groups -OCH3 is 2. The Morgan fingerprint density at radius 2 is 1.68 bits per heavy atom. The van der Waals surface area contributed by atoms with Gasteiger partial charge in [-0.15, -0.1) is 0 Å².